The summed E-state index contributed by atoms with van der Waals surface area (Å²) in [6.45, 7) is 1.60. The summed E-state index contributed by atoms with van der Waals surface area (Å²) in [7, 11) is 1.37. The molecule has 2 aromatic rings. The van der Waals surface area contributed by atoms with Gasteiger partial charge in [-0.2, -0.15) is 13.2 Å². The van der Waals surface area contributed by atoms with Gasteiger partial charge in [-0.3, -0.25) is 4.79 Å². The molecule has 140 valence electrons. The molecule has 2 amide bonds. The van der Waals surface area contributed by atoms with Crippen molar-refractivity contribution in [2.24, 2.45) is 0 Å². The number of fused-ring (bicyclic) bond motifs is 1. The van der Waals surface area contributed by atoms with Gasteiger partial charge in [0.2, 0.25) is 5.88 Å². The third-order valence-corrected chi connectivity index (χ3v) is 4.95. The van der Waals surface area contributed by atoms with E-state index in [2.05, 4.69) is 10.3 Å². The average molecular weight is 389 g/mol. The summed E-state index contributed by atoms with van der Waals surface area (Å²) < 4.78 is 45.7. The fourth-order valence-corrected chi connectivity index (χ4v) is 3.78. The second-order valence-corrected chi connectivity index (χ2v) is 6.98. The molecule has 0 spiro atoms. The number of alkyl halides is 3. The molecule has 0 aliphatic carbocycles. The zero-order valence-corrected chi connectivity index (χ0v) is 14.5. The Morgan fingerprint density at radius 3 is 2.62 bits per heavy atom. The van der Waals surface area contributed by atoms with Crippen LogP contribution in [0.4, 0.5) is 18.0 Å². The Bertz CT molecular complexity index is 890. The van der Waals surface area contributed by atoms with Crippen molar-refractivity contribution in [3.05, 3.63) is 22.6 Å². The van der Waals surface area contributed by atoms with Gasteiger partial charge in [0.25, 0.3) is 5.91 Å². The van der Waals surface area contributed by atoms with Crippen LogP contribution < -0.4 is 10.1 Å². The van der Waals surface area contributed by atoms with Crippen LogP contribution in [0, 0.1) is 0 Å². The van der Waals surface area contributed by atoms with Gasteiger partial charge in [0.05, 0.1) is 34.4 Å². The number of rotatable bonds is 3. The van der Waals surface area contributed by atoms with Gasteiger partial charge in [-0.15, -0.1) is 11.3 Å². The number of hydrogen-bond donors (Lipinski definition) is 2. The molecule has 0 saturated carbocycles. The number of carbonyl (C=O) groups excluding carboxylic acids is 1. The number of ether oxygens (including phenoxy) is 1. The first-order valence-electron chi connectivity index (χ1n) is 7.42. The van der Waals surface area contributed by atoms with Gasteiger partial charge in [-0.1, -0.05) is 0 Å². The summed E-state index contributed by atoms with van der Waals surface area (Å²) in [5.74, 6) is -0.859. The molecule has 1 saturated heterocycles. The molecule has 2 N–H and O–H groups in total. The molecule has 0 unspecified atom stereocenters. The Kier molecular flexibility index (Phi) is 4.21. The molecule has 2 aromatic heterocycles. The van der Waals surface area contributed by atoms with Gasteiger partial charge in [-0.05, 0) is 6.92 Å². The Morgan fingerprint density at radius 2 is 2.08 bits per heavy atom. The van der Waals surface area contributed by atoms with Crippen molar-refractivity contribution >= 4 is 33.6 Å². The number of nitrogens with zero attached hydrogens (tertiary/aromatic N) is 2. The number of pyridine rings is 1. The van der Waals surface area contributed by atoms with Gasteiger partial charge in [-0.25, -0.2) is 9.78 Å². The number of likely N-dealkylation sites (tertiary alicyclic amines) is 1. The van der Waals surface area contributed by atoms with Crippen molar-refractivity contribution in [1.82, 2.24) is 15.2 Å². The van der Waals surface area contributed by atoms with E-state index in [-0.39, 0.29) is 34.7 Å². The summed E-state index contributed by atoms with van der Waals surface area (Å²) in [6.07, 6.45) is -5.79. The van der Waals surface area contributed by atoms with Crippen LogP contribution in [0.1, 0.15) is 22.8 Å². The predicted molar refractivity (Wildman–Crippen MR) is 86.6 cm³/mol. The van der Waals surface area contributed by atoms with E-state index in [1.807, 2.05) is 0 Å². The molecule has 26 heavy (non-hydrogen) atoms. The van der Waals surface area contributed by atoms with E-state index in [9.17, 15) is 22.8 Å². The van der Waals surface area contributed by atoms with Crippen LogP contribution in [0.5, 0.6) is 5.88 Å². The minimum Gasteiger partial charge on any atom is -0.468 e. The maximum atomic E-state index is 13.4. The molecular formula is C15H14F3N3O4S. The monoisotopic (exact) mass is 389 g/mol. The number of hydrogen-bond acceptors (Lipinski definition) is 5. The summed E-state index contributed by atoms with van der Waals surface area (Å²) in [5, 5.41) is 12.6. The van der Waals surface area contributed by atoms with Crippen LogP contribution in [0.3, 0.4) is 0 Å². The van der Waals surface area contributed by atoms with E-state index in [1.54, 1.807) is 6.92 Å². The Morgan fingerprint density at radius 1 is 1.42 bits per heavy atom. The summed E-state index contributed by atoms with van der Waals surface area (Å²) >= 11 is 0.777. The lowest BCUT2D eigenvalue weighted by molar-refractivity contribution is -0.136. The highest BCUT2D eigenvalue weighted by atomic mass is 32.1. The van der Waals surface area contributed by atoms with Crippen molar-refractivity contribution in [1.29, 1.82) is 0 Å². The molecule has 1 fully saturated rings. The third-order valence-electron chi connectivity index (χ3n) is 3.95. The van der Waals surface area contributed by atoms with Crippen molar-refractivity contribution in [3.8, 4) is 5.88 Å². The second kappa shape index (κ2) is 6.01. The molecule has 0 radical (unpaired) electrons. The van der Waals surface area contributed by atoms with Gasteiger partial charge < -0.3 is 20.1 Å². The van der Waals surface area contributed by atoms with Crippen LogP contribution >= 0.6 is 11.3 Å². The molecule has 3 heterocycles. The van der Waals surface area contributed by atoms with Crippen molar-refractivity contribution in [3.63, 3.8) is 0 Å². The van der Waals surface area contributed by atoms with Gasteiger partial charge in [0, 0.05) is 18.5 Å². The normalized spacial score (nSPS) is 16.3. The van der Waals surface area contributed by atoms with Gasteiger partial charge >= 0.3 is 12.3 Å². The number of aromatic nitrogens is 1. The number of amides is 2. The lowest BCUT2D eigenvalue weighted by Crippen LogP contribution is -2.64. The Balaban J connectivity index is 2.03. The van der Waals surface area contributed by atoms with Gasteiger partial charge in [0.15, 0.2) is 0 Å². The summed E-state index contributed by atoms with van der Waals surface area (Å²) in [5.41, 5.74) is -2.01. The quantitative estimate of drug-likeness (QED) is 0.842. The van der Waals surface area contributed by atoms with Gasteiger partial charge in [0.1, 0.15) is 5.60 Å². The molecule has 7 nitrogen and oxygen atoms in total. The maximum absolute atomic E-state index is 13.4. The van der Waals surface area contributed by atoms with E-state index in [4.69, 9.17) is 9.84 Å². The molecule has 0 bridgehead atoms. The predicted octanol–water partition coefficient (Wildman–Crippen LogP) is 2.81. The van der Waals surface area contributed by atoms with E-state index >= 15 is 0 Å². The summed E-state index contributed by atoms with van der Waals surface area (Å²) in [6, 6.07) is 0.779. The standard InChI is InChI=1S/C15H14F3N3O4S/c1-14(5-21(6-14)13(23)24)25-9-3-8(15(16,17)18)11-10(20-9)7(4-26-11)12(22)19-2/h3-4H,5-6H2,1-2H3,(H,19,22)(H,23,24). The average Bonchev–Trinajstić information content (AvgIpc) is 2.93. The molecule has 0 atom stereocenters. The SMILES string of the molecule is CNC(=O)c1csc2c(C(F)(F)F)cc(OC3(C)CN(C(=O)O)C3)nc12. The lowest BCUT2D eigenvalue weighted by atomic mass is 9.97. The maximum Gasteiger partial charge on any atom is 0.418 e. The van der Waals surface area contributed by atoms with Crippen LogP contribution in [-0.4, -0.2) is 52.7 Å². The molecule has 1 aliphatic heterocycles. The van der Waals surface area contributed by atoms with Crippen LogP contribution in [-0.2, 0) is 6.18 Å². The van der Waals surface area contributed by atoms with Crippen molar-refractivity contribution < 1.29 is 32.6 Å². The third kappa shape index (κ3) is 3.14. The number of carboxylic acid groups (broad SMARTS) is 1. The minimum atomic E-state index is -4.66. The van der Waals surface area contributed by atoms with E-state index in [0.717, 1.165) is 22.3 Å². The number of nitrogens with one attached hydrogen (secondary N) is 1. The number of halogens is 3. The fourth-order valence-electron chi connectivity index (χ4n) is 2.76. The molecule has 3 rings (SSSR count). The first-order valence-corrected chi connectivity index (χ1v) is 8.30. The Labute approximate surface area is 149 Å². The largest absolute Gasteiger partial charge is 0.468 e. The highest BCUT2D eigenvalue weighted by molar-refractivity contribution is 7.17. The minimum absolute atomic E-state index is 0.00927. The topological polar surface area (TPSA) is 91.8 Å². The summed E-state index contributed by atoms with van der Waals surface area (Å²) in [4.78, 5) is 27.9. The van der Waals surface area contributed by atoms with Crippen LogP contribution in [0.25, 0.3) is 10.2 Å². The van der Waals surface area contributed by atoms with Crippen molar-refractivity contribution in [2.45, 2.75) is 18.7 Å². The number of thiophene rings is 1. The highest BCUT2D eigenvalue weighted by Gasteiger charge is 2.44. The molecule has 0 aromatic carbocycles. The smallest absolute Gasteiger partial charge is 0.418 e. The van der Waals surface area contributed by atoms with Crippen LogP contribution in [0.15, 0.2) is 11.4 Å². The lowest BCUT2D eigenvalue weighted by Gasteiger charge is -2.45. The van der Waals surface area contributed by atoms with E-state index < -0.39 is 29.3 Å². The molecular weight excluding hydrogens is 375 g/mol. The van der Waals surface area contributed by atoms with Crippen LogP contribution in [0.2, 0.25) is 0 Å². The van der Waals surface area contributed by atoms with Crippen molar-refractivity contribution in [2.75, 3.05) is 20.1 Å². The highest BCUT2D eigenvalue weighted by Crippen LogP contribution is 2.41. The zero-order valence-electron chi connectivity index (χ0n) is 13.7. The molecule has 1 aliphatic rings. The fraction of sp³-hybridized carbons (Fsp3) is 0.400. The first-order chi connectivity index (χ1) is 12.0. The second-order valence-electron chi connectivity index (χ2n) is 6.10. The zero-order chi connectivity index (χ0) is 19.3. The first kappa shape index (κ1) is 18.2. The van der Waals surface area contributed by atoms with E-state index in [1.165, 1.54) is 12.4 Å². The molecule has 11 heteroatoms. The number of carbonyl (C=O) groups is 2. The Hall–Kier alpha value is -2.56. The van der Waals surface area contributed by atoms with E-state index in [0.29, 0.717) is 0 Å².